The summed E-state index contributed by atoms with van der Waals surface area (Å²) in [5.74, 6) is 1.20. The number of pyridine rings is 2. The molecule has 0 amide bonds. The molecule has 1 N–H and O–H groups in total. The standard InChI is InChI=1S/C29H31F3N6O/c1-17(2)14-39-15-24-36-26(34-18-8-10-20-23(13-18)38(5)16-28(20,3)4)19-9-11-22(35-27(19)37-24)25-21(29(30,31)32)7-6-12-33-25/h6-13,17H,14-16H2,1-5H3,(H,34,35,36,37). The number of halogens is 3. The molecule has 7 nitrogen and oxygen atoms in total. The van der Waals surface area contributed by atoms with E-state index in [1.807, 2.05) is 19.9 Å². The number of benzene rings is 1. The third-order valence-corrected chi connectivity index (χ3v) is 6.68. The van der Waals surface area contributed by atoms with Gasteiger partial charge in [-0.15, -0.1) is 0 Å². The quantitative estimate of drug-likeness (QED) is 0.280. The molecule has 0 unspecified atom stereocenters. The third-order valence-electron chi connectivity index (χ3n) is 6.68. The molecule has 5 rings (SSSR count). The summed E-state index contributed by atoms with van der Waals surface area (Å²) in [6.45, 7) is 10.1. The van der Waals surface area contributed by atoms with E-state index in [1.54, 1.807) is 6.07 Å². The zero-order valence-corrected chi connectivity index (χ0v) is 22.6. The summed E-state index contributed by atoms with van der Waals surface area (Å²) >= 11 is 0. The summed E-state index contributed by atoms with van der Waals surface area (Å²) in [5, 5.41) is 3.96. The number of fused-ring (bicyclic) bond motifs is 2. The van der Waals surface area contributed by atoms with Gasteiger partial charge in [0.1, 0.15) is 18.1 Å². The van der Waals surface area contributed by atoms with Crippen molar-refractivity contribution in [3.63, 3.8) is 0 Å². The molecule has 1 aliphatic heterocycles. The molecule has 1 aromatic carbocycles. The van der Waals surface area contributed by atoms with Crippen LogP contribution < -0.4 is 10.2 Å². The second kappa shape index (κ2) is 10.1. The Morgan fingerprint density at radius 3 is 2.62 bits per heavy atom. The minimum atomic E-state index is -4.57. The van der Waals surface area contributed by atoms with E-state index in [9.17, 15) is 13.2 Å². The molecular weight excluding hydrogens is 505 g/mol. The maximum Gasteiger partial charge on any atom is 0.418 e. The first-order valence-electron chi connectivity index (χ1n) is 12.8. The number of aromatic nitrogens is 4. The SMILES string of the molecule is CC(C)COCc1nc(Nc2ccc3c(c2)N(C)CC3(C)C)c2ccc(-c3ncccc3C(F)(F)F)nc2n1. The highest BCUT2D eigenvalue weighted by molar-refractivity contribution is 5.90. The van der Waals surface area contributed by atoms with Gasteiger partial charge in [-0.2, -0.15) is 13.2 Å². The van der Waals surface area contributed by atoms with Crippen molar-refractivity contribution in [2.45, 2.75) is 45.9 Å². The molecule has 1 aliphatic rings. The highest BCUT2D eigenvalue weighted by Crippen LogP contribution is 2.41. The first kappa shape index (κ1) is 26.8. The molecule has 0 saturated heterocycles. The number of hydrogen-bond acceptors (Lipinski definition) is 7. The Labute approximate surface area is 225 Å². The van der Waals surface area contributed by atoms with Crippen molar-refractivity contribution in [2.24, 2.45) is 5.92 Å². The maximum atomic E-state index is 13.7. The molecule has 4 aromatic rings. The van der Waals surface area contributed by atoms with Crippen molar-refractivity contribution in [1.82, 2.24) is 19.9 Å². The van der Waals surface area contributed by atoms with Crippen LogP contribution in [0.5, 0.6) is 0 Å². The second-order valence-corrected chi connectivity index (χ2v) is 11.0. The number of anilines is 3. The highest BCUT2D eigenvalue weighted by atomic mass is 19.4. The Kier molecular flexibility index (Phi) is 6.92. The normalized spacial score (nSPS) is 14.7. The predicted molar refractivity (Wildman–Crippen MR) is 146 cm³/mol. The van der Waals surface area contributed by atoms with Crippen molar-refractivity contribution < 1.29 is 17.9 Å². The number of likely N-dealkylation sites (N-methyl/N-ethyl adjacent to an activating group) is 1. The van der Waals surface area contributed by atoms with Crippen LogP contribution in [0.4, 0.5) is 30.4 Å². The molecule has 0 saturated carbocycles. The molecule has 3 aromatic heterocycles. The molecule has 39 heavy (non-hydrogen) atoms. The summed E-state index contributed by atoms with van der Waals surface area (Å²) in [4.78, 5) is 19.9. The van der Waals surface area contributed by atoms with Gasteiger partial charge in [-0.3, -0.25) is 4.98 Å². The predicted octanol–water partition coefficient (Wildman–Crippen LogP) is 6.75. The van der Waals surface area contributed by atoms with E-state index in [0.717, 1.165) is 24.0 Å². The fraction of sp³-hybridized carbons (Fsp3) is 0.379. The first-order chi connectivity index (χ1) is 18.4. The van der Waals surface area contributed by atoms with Crippen LogP contribution in [0.15, 0.2) is 48.7 Å². The van der Waals surface area contributed by atoms with E-state index in [4.69, 9.17) is 9.72 Å². The van der Waals surface area contributed by atoms with Gasteiger partial charge < -0.3 is 15.0 Å². The van der Waals surface area contributed by atoms with Crippen LogP contribution in [0.1, 0.15) is 44.6 Å². The smallest absolute Gasteiger partial charge is 0.373 e. The molecule has 0 fully saturated rings. The highest BCUT2D eigenvalue weighted by Gasteiger charge is 2.35. The fourth-order valence-electron chi connectivity index (χ4n) is 4.97. The number of ether oxygens (including phenoxy) is 1. The molecule has 204 valence electrons. The van der Waals surface area contributed by atoms with Gasteiger partial charge in [-0.1, -0.05) is 33.8 Å². The minimum absolute atomic E-state index is 0.0478. The van der Waals surface area contributed by atoms with Gasteiger partial charge in [0, 0.05) is 43.2 Å². The van der Waals surface area contributed by atoms with Crippen molar-refractivity contribution in [1.29, 1.82) is 0 Å². The van der Waals surface area contributed by atoms with Gasteiger partial charge in [0.2, 0.25) is 0 Å². The van der Waals surface area contributed by atoms with E-state index in [-0.39, 0.29) is 29.1 Å². The zero-order chi connectivity index (χ0) is 27.9. The lowest BCUT2D eigenvalue weighted by atomic mass is 9.87. The van der Waals surface area contributed by atoms with Crippen molar-refractivity contribution >= 4 is 28.2 Å². The Bertz CT molecular complexity index is 1520. The lowest BCUT2D eigenvalue weighted by Crippen LogP contribution is -2.24. The Morgan fingerprint density at radius 1 is 1.08 bits per heavy atom. The third kappa shape index (κ3) is 5.52. The van der Waals surface area contributed by atoms with Gasteiger partial charge in [-0.05, 0) is 47.9 Å². The van der Waals surface area contributed by atoms with Gasteiger partial charge >= 0.3 is 6.18 Å². The van der Waals surface area contributed by atoms with E-state index >= 15 is 0 Å². The summed E-state index contributed by atoms with van der Waals surface area (Å²) < 4.78 is 46.8. The van der Waals surface area contributed by atoms with E-state index in [2.05, 4.69) is 58.2 Å². The molecule has 0 atom stereocenters. The number of nitrogens with one attached hydrogen (secondary N) is 1. The summed E-state index contributed by atoms with van der Waals surface area (Å²) in [5.41, 5.74) is 2.53. The van der Waals surface area contributed by atoms with E-state index in [0.29, 0.717) is 29.6 Å². The van der Waals surface area contributed by atoms with Crippen molar-refractivity contribution in [3.05, 3.63) is 65.6 Å². The van der Waals surface area contributed by atoms with Gasteiger partial charge in [0.25, 0.3) is 0 Å². The topological polar surface area (TPSA) is 76.1 Å². The lowest BCUT2D eigenvalue weighted by molar-refractivity contribution is -0.137. The Hall–Kier alpha value is -3.79. The van der Waals surface area contributed by atoms with E-state index < -0.39 is 11.7 Å². The summed E-state index contributed by atoms with van der Waals surface area (Å²) in [6.07, 6.45) is -3.25. The van der Waals surface area contributed by atoms with Crippen LogP contribution >= 0.6 is 0 Å². The van der Waals surface area contributed by atoms with Crippen LogP contribution in [0.3, 0.4) is 0 Å². The van der Waals surface area contributed by atoms with Crippen LogP contribution in [0, 0.1) is 5.92 Å². The Morgan fingerprint density at radius 2 is 1.87 bits per heavy atom. The minimum Gasteiger partial charge on any atom is -0.373 e. The monoisotopic (exact) mass is 536 g/mol. The number of hydrogen-bond donors (Lipinski definition) is 1. The van der Waals surface area contributed by atoms with Crippen LogP contribution in [-0.4, -0.2) is 40.1 Å². The molecule has 10 heteroatoms. The van der Waals surface area contributed by atoms with Gasteiger partial charge in [0.15, 0.2) is 11.5 Å². The average Bonchev–Trinajstić information content (AvgIpc) is 3.10. The van der Waals surface area contributed by atoms with Crippen molar-refractivity contribution in [3.8, 4) is 11.4 Å². The molecule has 0 aliphatic carbocycles. The van der Waals surface area contributed by atoms with Crippen LogP contribution in [0.2, 0.25) is 0 Å². The number of nitrogens with zero attached hydrogens (tertiary/aromatic N) is 5. The number of alkyl halides is 3. The number of rotatable bonds is 7. The van der Waals surface area contributed by atoms with Crippen LogP contribution in [-0.2, 0) is 22.9 Å². The van der Waals surface area contributed by atoms with Gasteiger partial charge in [0.05, 0.1) is 16.6 Å². The summed E-state index contributed by atoms with van der Waals surface area (Å²) in [6, 6.07) is 11.7. The maximum absolute atomic E-state index is 13.7. The molecule has 4 heterocycles. The molecule has 0 radical (unpaired) electrons. The summed E-state index contributed by atoms with van der Waals surface area (Å²) in [7, 11) is 2.07. The Balaban J connectivity index is 1.57. The van der Waals surface area contributed by atoms with Crippen LogP contribution in [0.25, 0.3) is 22.4 Å². The lowest BCUT2D eigenvalue weighted by Gasteiger charge is -2.18. The average molecular weight is 537 g/mol. The van der Waals surface area contributed by atoms with Gasteiger partial charge in [-0.25, -0.2) is 15.0 Å². The molecule has 0 spiro atoms. The second-order valence-electron chi connectivity index (χ2n) is 11.0. The van der Waals surface area contributed by atoms with E-state index in [1.165, 1.54) is 23.9 Å². The first-order valence-corrected chi connectivity index (χ1v) is 12.8. The zero-order valence-electron chi connectivity index (χ0n) is 22.6. The fourth-order valence-corrected chi connectivity index (χ4v) is 4.97. The largest absolute Gasteiger partial charge is 0.418 e. The molecular formula is C29H31F3N6O. The molecule has 0 bridgehead atoms. The van der Waals surface area contributed by atoms with Crippen molar-refractivity contribution in [2.75, 3.05) is 30.4 Å².